The number of oxazole rings is 1. The maximum atomic E-state index is 11.9. The number of nitrogens with one attached hydrogen (secondary N) is 2. The van der Waals surface area contributed by atoms with E-state index in [1.54, 1.807) is 38.1 Å². The Balaban J connectivity index is 2.28. The molecule has 0 aliphatic carbocycles. The molecule has 0 atom stereocenters. The molecule has 1 heterocycles. The number of nitrogens with zero attached hydrogens (tertiary/aromatic N) is 1. The van der Waals surface area contributed by atoms with E-state index in [0.717, 1.165) is 0 Å². The first-order valence-electron chi connectivity index (χ1n) is 8.07. The molecule has 1 amide bonds. The number of para-hydroxylation sites is 1. The van der Waals surface area contributed by atoms with Crippen LogP contribution in [0.1, 0.15) is 32.2 Å². The molecule has 0 aliphatic rings. The molecule has 0 bridgehead atoms. The first-order chi connectivity index (χ1) is 11.7. The summed E-state index contributed by atoms with van der Waals surface area (Å²) < 4.78 is 31.9. The van der Waals surface area contributed by atoms with Crippen molar-refractivity contribution >= 4 is 21.6 Å². The Morgan fingerprint density at radius 2 is 1.96 bits per heavy atom. The van der Waals surface area contributed by atoms with Gasteiger partial charge in [-0.2, -0.15) is 0 Å². The Bertz CT molecular complexity index is 857. The molecule has 0 radical (unpaired) electrons. The van der Waals surface area contributed by atoms with Gasteiger partial charge < -0.3 is 9.73 Å². The third-order valence-corrected chi connectivity index (χ3v) is 4.94. The second kappa shape index (κ2) is 7.69. The van der Waals surface area contributed by atoms with E-state index in [0.29, 0.717) is 28.6 Å². The summed E-state index contributed by atoms with van der Waals surface area (Å²) >= 11 is 0. The van der Waals surface area contributed by atoms with E-state index in [4.69, 9.17) is 4.42 Å². The van der Waals surface area contributed by atoms with Crippen LogP contribution in [0.5, 0.6) is 0 Å². The molecule has 0 aliphatic heterocycles. The minimum absolute atomic E-state index is 0.0293. The molecule has 0 spiro atoms. The average Bonchev–Trinajstić information content (AvgIpc) is 2.93. The number of aryl methyl sites for hydroxylation is 1. The van der Waals surface area contributed by atoms with Crippen LogP contribution >= 0.6 is 0 Å². The van der Waals surface area contributed by atoms with E-state index in [9.17, 15) is 13.2 Å². The fourth-order valence-corrected chi connectivity index (χ4v) is 2.74. The van der Waals surface area contributed by atoms with Crippen molar-refractivity contribution in [3.05, 3.63) is 35.7 Å². The normalized spacial score (nSPS) is 11.6. The van der Waals surface area contributed by atoms with Gasteiger partial charge in [-0.25, -0.2) is 13.4 Å². The maximum Gasteiger partial charge on any atom is 0.232 e. The lowest BCUT2D eigenvalue weighted by molar-refractivity contribution is -0.124. The summed E-state index contributed by atoms with van der Waals surface area (Å²) in [6.45, 7) is 7.20. The third-order valence-electron chi connectivity index (χ3n) is 3.65. The summed E-state index contributed by atoms with van der Waals surface area (Å²) in [5, 5.41) is 2.79. The smallest absolute Gasteiger partial charge is 0.232 e. The Labute approximate surface area is 147 Å². The second-order valence-electron chi connectivity index (χ2n) is 5.95. The molecule has 0 saturated heterocycles. The van der Waals surface area contributed by atoms with Crippen molar-refractivity contribution in [2.24, 2.45) is 5.92 Å². The standard InChI is InChI=1S/C17H23N3O4S/c1-5-25(22,23)20-14-9-7-6-8-13(14)17-19-15(12(4)24-17)10-18-16(21)11(2)3/h6-9,11,20H,5,10H2,1-4H3,(H,18,21). The van der Waals surface area contributed by atoms with Gasteiger partial charge in [0.25, 0.3) is 0 Å². The van der Waals surface area contributed by atoms with Crippen LogP contribution in [0.15, 0.2) is 28.7 Å². The topological polar surface area (TPSA) is 101 Å². The molecule has 8 heteroatoms. The monoisotopic (exact) mass is 365 g/mol. The lowest BCUT2D eigenvalue weighted by Gasteiger charge is -2.09. The van der Waals surface area contributed by atoms with E-state index in [-0.39, 0.29) is 24.1 Å². The number of carbonyl (C=O) groups excluding carboxylic acids is 1. The van der Waals surface area contributed by atoms with Crippen molar-refractivity contribution in [2.75, 3.05) is 10.5 Å². The summed E-state index contributed by atoms with van der Waals surface area (Å²) in [5.74, 6) is 0.669. The van der Waals surface area contributed by atoms with Crippen LogP contribution in [0.2, 0.25) is 0 Å². The van der Waals surface area contributed by atoms with Gasteiger partial charge in [-0.05, 0) is 26.0 Å². The van der Waals surface area contributed by atoms with Gasteiger partial charge in [-0.15, -0.1) is 0 Å². The number of rotatable bonds is 7. The Morgan fingerprint density at radius 1 is 1.28 bits per heavy atom. The summed E-state index contributed by atoms with van der Waals surface area (Å²) in [6.07, 6.45) is 0. The van der Waals surface area contributed by atoms with Gasteiger partial charge in [-0.3, -0.25) is 9.52 Å². The molecular formula is C17H23N3O4S. The minimum Gasteiger partial charge on any atom is -0.441 e. The van der Waals surface area contributed by atoms with Crippen molar-refractivity contribution in [3.8, 4) is 11.5 Å². The third kappa shape index (κ3) is 4.82. The van der Waals surface area contributed by atoms with Crippen LogP contribution in [0.4, 0.5) is 5.69 Å². The molecule has 2 aromatic rings. The number of hydrogen-bond acceptors (Lipinski definition) is 5. The van der Waals surface area contributed by atoms with Gasteiger partial charge in [0.1, 0.15) is 11.5 Å². The van der Waals surface area contributed by atoms with E-state index >= 15 is 0 Å². The zero-order valence-electron chi connectivity index (χ0n) is 14.8. The Kier molecular flexibility index (Phi) is 5.84. The van der Waals surface area contributed by atoms with Crippen LogP contribution < -0.4 is 10.0 Å². The number of sulfonamides is 1. The predicted molar refractivity (Wildman–Crippen MR) is 96.4 cm³/mol. The van der Waals surface area contributed by atoms with Crippen molar-refractivity contribution in [2.45, 2.75) is 34.2 Å². The van der Waals surface area contributed by atoms with Crippen LogP contribution in [0.25, 0.3) is 11.5 Å². The van der Waals surface area contributed by atoms with Gasteiger partial charge in [0, 0.05) is 5.92 Å². The maximum absolute atomic E-state index is 11.9. The quantitative estimate of drug-likeness (QED) is 0.785. The van der Waals surface area contributed by atoms with E-state index < -0.39 is 10.0 Å². The molecule has 1 aromatic heterocycles. The minimum atomic E-state index is -3.41. The molecule has 25 heavy (non-hydrogen) atoms. The fraction of sp³-hybridized carbons (Fsp3) is 0.412. The Hall–Kier alpha value is -2.35. The average molecular weight is 365 g/mol. The molecule has 0 unspecified atom stereocenters. The van der Waals surface area contributed by atoms with Gasteiger partial charge in [0.2, 0.25) is 21.8 Å². The number of carbonyl (C=O) groups is 1. The number of hydrogen-bond donors (Lipinski definition) is 2. The zero-order valence-corrected chi connectivity index (χ0v) is 15.6. The van der Waals surface area contributed by atoms with Gasteiger partial charge in [0.05, 0.1) is 23.5 Å². The molecule has 2 N–H and O–H groups in total. The fourth-order valence-electron chi connectivity index (χ4n) is 2.08. The van der Waals surface area contributed by atoms with Crippen molar-refractivity contribution in [1.82, 2.24) is 10.3 Å². The van der Waals surface area contributed by atoms with Crippen LogP contribution in [-0.4, -0.2) is 25.1 Å². The number of amides is 1. The Morgan fingerprint density at radius 3 is 2.60 bits per heavy atom. The zero-order chi connectivity index (χ0) is 18.6. The van der Waals surface area contributed by atoms with Gasteiger partial charge in [-0.1, -0.05) is 26.0 Å². The molecule has 0 saturated carbocycles. The van der Waals surface area contributed by atoms with E-state index in [1.165, 1.54) is 0 Å². The highest BCUT2D eigenvalue weighted by atomic mass is 32.2. The first kappa shape index (κ1) is 19.0. The molecule has 7 nitrogen and oxygen atoms in total. The first-order valence-corrected chi connectivity index (χ1v) is 9.72. The lowest BCUT2D eigenvalue weighted by atomic mass is 10.2. The summed E-state index contributed by atoms with van der Waals surface area (Å²) in [4.78, 5) is 16.1. The predicted octanol–water partition coefficient (Wildman–Crippen LogP) is 2.68. The highest BCUT2D eigenvalue weighted by Crippen LogP contribution is 2.29. The highest BCUT2D eigenvalue weighted by Gasteiger charge is 2.17. The second-order valence-corrected chi connectivity index (χ2v) is 7.96. The number of anilines is 1. The molecule has 0 fully saturated rings. The van der Waals surface area contributed by atoms with Crippen molar-refractivity contribution < 1.29 is 17.6 Å². The molecule has 1 aromatic carbocycles. The van der Waals surface area contributed by atoms with Crippen LogP contribution in [-0.2, 0) is 21.4 Å². The number of aromatic nitrogens is 1. The summed E-state index contributed by atoms with van der Waals surface area (Å²) in [6, 6.07) is 6.90. The lowest BCUT2D eigenvalue weighted by Crippen LogP contribution is -2.27. The van der Waals surface area contributed by atoms with Gasteiger partial charge >= 0.3 is 0 Å². The summed E-state index contributed by atoms with van der Waals surface area (Å²) in [7, 11) is -3.41. The summed E-state index contributed by atoms with van der Waals surface area (Å²) in [5.41, 5.74) is 1.56. The van der Waals surface area contributed by atoms with Crippen molar-refractivity contribution in [1.29, 1.82) is 0 Å². The van der Waals surface area contributed by atoms with Crippen LogP contribution in [0.3, 0.4) is 0 Å². The molecular weight excluding hydrogens is 342 g/mol. The molecule has 136 valence electrons. The van der Waals surface area contributed by atoms with E-state index in [1.807, 2.05) is 13.8 Å². The SMILES string of the molecule is CCS(=O)(=O)Nc1ccccc1-c1nc(CNC(=O)C(C)C)c(C)o1. The highest BCUT2D eigenvalue weighted by molar-refractivity contribution is 7.92. The van der Waals surface area contributed by atoms with Crippen LogP contribution in [0, 0.1) is 12.8 Å². The van der Waals surface area contributed by atoms with E-state index in [2.05, 4.69) is 15.0 Å². The molecule has 2 rings (SSSR count). The van der Waals surface area contributed by atoms with Gasteiger partial charge in [0.15, 0.2) is 0 Å². The number of benzene rings is 1. The largest absolute Gasteiger partial charge is 0.441 e. The van der Waals surface area contributed by atoms with Crippen molar-refractivity contribution in [3.63, 3.8) is 0 Å².